The van der Waals surface area contributed by atoms with Gasteiger partial charge in [-0.2, -0.15) is 0 Å². The molecule has 0 heterocycles. The molecular formula is C24H19BrF6P2. The molecule has 0 saturated heterocycles. The zero-order valence-corrected chi connectivity index (χ0v) is 20.4. The van der Waals surface area contributed by atoms with Crippen molar-refractivity contribution in [3.8, 4) is 0 Å². The van der Waals surface area contributed by atoms with E-state index in [9.17, 15) is 25.2 Å². The van der Waals surface area contributed by atoms with E-state index in [0.29, 0.717) is 0 Å². The summed E-state index contributed by atoms with van der Waals surface area (Å²) in [4.78, 5) is 0. The number of hydrogen-bond acceptors (Lipinski definition) is 0. The molecule has 0 fully saturated rings. The topological polar surface area (TPSA) is 0 Å². The van der Waals surface area contributed by atoms with Crippen molar-refractivity contribution >= 4 is 52.2 Å². The van der Waals surface area contributed by atoms with E-state index in [1.807, 2.05) is 0 Å². The fourth-order valence-electron chi connectivity index (χ4n) is 3.51. The van der Waals surface area contributed by atoms with E-state index in [1.54, 1.807) is 0 Å². The van der Waals surface area contributed by atoms with Gasteiger partial charge in [-0.1, -0.05) is 70.5 Å². The summed E-state index contributed by atoms with van der Waals surface area (Å²) in [7, 11) is -12.6. The van der Waals surface area contributed by atoms with Crippen LogP contribution < -0.4 is 21.2 Å². The first-order valence-electron chi connectivity index (χ1n) is 9.65. The standard InChI is InChI=1S/C24H19BrP.F6P/c25-20-16-18-24(19-17-20)26(21-10-4-1-5-11-21,22-12-6-2-7-13-22)23-14-8-3-9-15-23;1-7(2,3,4,5)6/h1-19H;/q+1;-1. The molecule has 0 atom stereocenters. The minimum absolute atomic E-state index is 1.11. The molecule has 33 heavy (non-hydrogen) atoms. The fourth-order valence-corrected chi connectivity index (χ4v) is 8.02. The van der Waals surface area contributed by atoms with E-state index in [4.69, 9.17) is 0 Å². The number of halogens is 7. The van der Waals surface area contributed by atoms with Gasteiger partial charge in [0.1, 0.15) is 28.5 Å². The molecule has 0 nitrogen and oxygen atoms in total. The molecule has 0 aliphatic heterocycles. The van der Waals surface area contributed by atoms with Gasteiger partial charge in [0.15, 0.2) is 0 Å². The Bertz CT molecular complexity index is 1080. The molecule has 0 amide bonds. The Morgan fingerprint density at radius 3 is 0.939 bits per heavy atom. The average molecular weight is 563 g/mol. The molecule has 0 bridgehead atoms. The summed E-state index contributed by atoms with van der Waals surface area (Å²) < 4.78 is 60.3. The summed E-state index contributed by atoms with van der Waals surface area (Å²) in [5, 5.41) is 5.49. The summed E-state index contributed by atoms with van der Waals surface area (Å²) in [6.45, 7) is 0. The first-order chi connectivity index (χ1) is 15.3. The SMILES string of the molecule is Brc1ccc([P+](c2ccccc2)(c2ccccc2)c2ccccc2)cc1.F[P-](F)(F)(F)(F)F. The first-order valence-corrected chi connectivity index (χ1v) is 14.3. The molecule has 174 valence electrons. The second kappa shape index (κ2) is 8.87. The van der Waals surface area contributed by atoms with E-state index in [2.05, 4.69) is 131 Å². The number of benzene rings is 4. The average Bonchev–Trinajstić information content (AvgIpc) is 2.76. The Kier molecular flexibility index (Phi) is 6.83. The third-order valence-corrected chi connectivity index (χ3v) is 9.46. The van der Waals surface area contributed by atoms with Gasteiger partial charge in [0.05, 0.1) is 0 Å². The molecule has 0 N–H and O–H groups in total. The van der Waals surface area contributed by atoms with Crippen LogP contribution in [0.2, 0.25) is 0 Å². The van der Waals surface area contributed by atoms with Crippen molar-refractivity contribution in [1.29, 1.82) is 0 Å². The second-order valence-corrected chi connectivity index (χ2v) is 13.4. The maximum atomic E-state index is 9.87. The van der Waals surface area contributed by atoms with E-state index in [1.165, 1.54) is 21.2 Å². The van der Waals surface area contributed by atoms with Crippen molar-refractivity contribution in [2.24, 2.45) is 0 Å². The Balaban J connectivity index is 0.000000383. The molecular weight excluding hydrogens is 544 g/mol. The van der Waals surface area contributed by atoms with Crippen molar-refractivity contribution < 1.29 is 25.2 Å². The molecule has 4 aromatic carbocycles. The van der Waals surface area contributed by atoms with Gasteiger partial charge in [0.2, 0.25) is 0 Å². The van der Waals surface area contributed by atoms with Crippen LogP contribution in [0.1, 0.15) is 0 Å². The normalized spacial score (nSPS) is 13.8. The van der Waals surface area contributed by atoms with Crippen LogP contribution in [0, 0.1) is 0 Å². The van der Waals surface area contributed by atoms with Crippen molar-refractivity contribution in [3.05, 3.63) is 120 Å². The molecule has 0 unspecified atom stereocenters. The van der Waals surface area contributed by atoms with E-state index >= 15 is 0 Å². The zero-order chi connectivity index (χ0) is 24.2. The van der Waals surface area contributed by atoms with Gasteiger partial charge in [-0.25, -0.2) is 0 Å². The molecule has 9 heteroatoms. The van der Waals surface area contributed by atoms with E-state index in [0.717, 1.165) is 4.47 Å². The van der Waals surface area contributed by atoms with Crippen LogP contribution in [-0.4, -0.2) is 0 Å². The Morgan fingerprint density at radius 1 is 0.424 bits per heavy atom. The van der Waals surface area contributed by atoms with Gasteiger partial charge >= 0.3 is 33.0 Å². The van der Waals surface area contributed by atoms with Crippen LogP contribution in [0.4, 0.5) is 25.2 Å². The zero-order valence-electron chi connectivity index (χ0n) is 17.0. The van der Waals surface area contributed by atoms with Crippen LogP contribution in [0.15, 0.2) is 120 Å². The molecule has 4 aromatic rings. The van der Waals surface area contributed by atoms with Crippen LogP contribution >= 0.6 is 31.0 Å². The third-order valence-electron chi connectivity index (χ3n) is 4.64. The Hall–Kier alpha value is -2.20. The van der Waals surface area contributed by atoms with Gasteiger partial charge < -0.3 is 0 Å². The molecule has 0 aliphatic carbocycles. The molecule has 0 aliphatic rings. The van der Waals surface area contributed by atoms with Gasteiger partial charge in [-0.15, -0.1) is 0 Å². The van der Waals surface area contributed by atoms with E-state index < -0.39 is 15.1 Å². The van der Waals surface area contributed by atoms with Crippen molar-refractivity contribution in [2.45, 2.75) is 0 Å². The monoisotopic (exact) mass is 562 g/mol. The molecule has 0 spiro atoms. The summed E-state index contributed by atoms with van der Waals surface area (Å²) in [5.74, 6) is 0. The maximum absolute atomic E-state index is 10.7. The van der Waals surface area contributed by atoms with Crippen molar-refractivity contribution in [3.63, 3.8) is 0 Å². The number of hydrogen-bond donors (Lipinski definition) is 0. The van der Waals surface area contributed by atoms with Gasteiger partial charge in [-0.3, -0.25) is 0 Å². The predicted octanol–water partition coefficient (Wildman–Crippen LogP) is 8.45. The van der Waals surface area contributed by atoms with E-state index in [-0.39, 0.29) is 0 Å². The third kappa shape index (κ3) is 7.40. The van der Waals surface area contributed by atoms with Gasteiger partial charge in [0.25, 0.3) is 0 Å². The Labute approximate surface area is 197 Å². The Morgan fingerprint density at radius 2 is 0.667 bits per heavy atom. The number of rotatable bonds is 4. The first kappa shape index (κ1) is 25.4. The second-order valence-electron chi connectivity index (χ2n) is 7.11. The van der Waals surface area contributed by atoms with Gasteiger partial charge in [0, 0.05) is 4.47 Å². The van der Waals surface area contributed by atoms with Crippen LogP contribution in [-0.2, 0) is 0 Å². The van der Waals surface area contributed by atoms with Gasteiger partial charge in [-0.05, 0) is 60.7 Å². The minimum atomic E-state index is -10.7. The quantitative estimate of drug-likeness (QED) is 0.173. The van der Waals surface area contributed by atoms with Crippen LogP contribution in [0.25, 0.3) is 0 Å². The van der Waals surface area contributed by atoms with Crippen molar-refractivity contribution in [1.82, 2.24) is 0 Å². The summed E-state index contributed by atoms with van der Waals surface area (Å²) in [6.07, 6.45) is 0. The summed E-state index contributed by atoms with van der Waals surface area (Å²) in [5.41, 5.74) is 0. The van der Waals surface area contributed by atoms with Crippen LogP contribution in [0.5, 0.6) is 0 Å². The fraction of sp³-hybridized carbons (Fsp3) is 0. The summed E-state index contributed by atoms with van der Waals surface area (Å²) >= 11 is 3.59. The van der Waals surface area contributed by atoms with Crippen LogP contribution in [0.3, 0.4) is 0 Å². The predicted molar refractivity (Wildman–Crippen MR) is 132 cm³/mol. The van der Waals surface area contributed by atoms with Crippen molar-refractivity contribution in [2.75, 3.05) is 0 Å². The molecule has 0 aromatic heterocycles. The molecule has 4 rings (SSSR count). The molecule has 0 radical (unpaired) electrons. The molecule has 0 saturated carbocycles. The summed E-state index contributed by atoms with van der Waals surface area (Å²) in [6, 6.07) is 41.6.